The van der Waals surface area contributed by atoms with Crippen LogP contribution in [0.1, 0.15) is 24.4 Å². The van der Waals surface area contributed by atoms with Gasteiger partial charge in [0.05, 0.1) is 12.7 Å². The molecule has 10 nitrogen and oxygen atoms in total. The van der Waals surface area contributed by atoms with Crippen LogP contribution in [-0.2, 0) is 11.3 Å². The van der Waals surface area contributed by atoms with Gasteiger partial charge in [-0.15, -0.1) is 5.10 Å². The minimum atomic E-state index is 0.100. The van der Waals surface area contributed by atoms with Crippen LogP contribution in [0.5, 0.6) is 0 Å². The fourth-order valence-corrected chi connectivity index (χ4v) is 4.03. The number of hydrogen-bond donors (Lipinski definition) is 4. The van der Waals surface area contributed by atoms with Gasteiger partial charge in [-0.05, 0) is 44.0 Å². The molecule has 5 rings (SSSR count). The zero-order valence-corrected chi connectivity index (χ0v) is 17.1. The molecular weight excluding hydrogens is 402 g/mol. The van der Waals surface area contributed by atoms with E-state index in [0.717, 1.165) is 40.0 Å². The van der Waals surface area contributed by atoms with Crippen LogP contribution < -0.4 is 16.5 Å². The highest BCUT2D eigenvalue weighted by atomic mass is 32.2. The Kier molecular flexibility index (Phi) is 4.58. The molecule has 2 aliphatic rings. The lowest BCUT2D eigenvalue weighted by molar-refractivity contribution is -0.117. The maximum absolute atomic E-state index is 11.9. The Balaban J connectivity index is 1.34. The van der Waals surface area contributed by atoms with Gasteiger partial charge in [-0.3, -0.25) is 20.3 Å². The molecule has 0 saturated heterocycles. The molecule has 1 amide bonds. The molecule has 0 spiro atoms. The average Bonchev–Trinajstić information content (AvgIpc) is 3.39. The van der Waals surface area contributed by atoms with Gasteiger partial charge in [-0.25, -0.2) is 4.68 Å². The van der Waals surface area contributed by atoms with Crippen LogP contribution in [0.4, 0.5) is 17.5 Å². The number of benzene rings is 1. The van der Waals surface area contributed by atoms with Gasteiger partial charge in [0.2, 0.25) is 11.9 Å². The third-order valence-electron chi connectivity index (χ3n) is 4.73. The molecule has 1 aliphatic carbocycles. The summed E-state index contributed by atoms with van der Waals surface area (Å²) in [5.41, 5.74) is 10.9. The van der Waals surface area contributed by atoms with E-state index in [4.69, 9.17) is 5.73 Å². The van der Waals surface area contributed by atoms with Crippen LogP contribution in [0.3, 0.4) is 0 Å². The molecule has 30 heavy (non-hydrogen) atoms. The number of nitrogens with zero attached hydrogens (tertiary/aromatic N) is 5. The minimum Gasteiger partial charge on any atom is -0.366 e. The van der Waals surface area contributed by atoms with Crippen molar-refractivity contribution in [3.8, 4) is 0 Å². The Morgan fingerprint density at radius 1 is 1.30 bits per heavy atom. The third kappa shape index (κ3) is 3.96. The molecule has 1 fully saturated rings. The molecule has 5 N–H and O–H groups in total. The first-order chi connectivity index (χ1) is 14.5. The van der Waals surface area contributed by atoms with Crippen molar-refractivity contribution < 1.29 is 4.79 Å². The normalized spacial score (nSPS) is 15.5. The second kappa shape index (κ2) is 7.41. The predicted molar refractivity (Wildman–Crippen MR) is 115 cm³/mol. The highest BCUT2D eigenvalue weighted by molar-refractivity contribution is 8.08. The number of carbonyl (C=O) groups excluding carboxylic acids is 1. The Morgan fingerprint density at radius 3 is 2.80 bits per heavy atom. The van der Waals surface area contributed by atoms with Gasteiger partial charge in [0, 0.05) is 28.3 Å². The molecule has 3 aromatic rings. The number of nitrogens with one attached hydrogen (secondary N) is 3. The number of amides is 1. The number of thioether (sulfide) groups is 1. The Hall–Kier alpha value is -3.47. The molecule has 0 atom stereocenters. The number of nitrogens with two attached hydrogens (primary N) is 1. The second-order valence-electron chi connectivity index (χ2n) is 7.33. The molecule has 2 aromatic heterocycles. The van der Waals surface area contributed by atoms with Crippen molar-refractivity contribution in [1.82, 2.24) is 30.0 Å². The van der Waals surface area contributed by atoms with Gasteiger partial charge >= 0.3 is 0 Å². The van der Waals surface area contributed by atoms with E-state index in [2.05, 4.69) is 31.0 Å². The van der Waals surface area contributed by atoms with Gasteiger partial charge in [0.1, 0.15) is 5.03 Å². The summed E-state index contributed by atoms with van der Waals surface area (Å²) in [6.07, 6.45) is 3.91. The first-order valence-corrected chi connectivity index (χ1v) is 10.4. The standard InChI is InChI=1S/C19H21N9OS/c1-11-8-15(24-23-11)25-27-9-16-22-19(20)26-28(16)17(10-27)30-14-6-4-13(5-7-14)21-18(29)12-2-3-12/h4-8,10,12H,2-3,9H2,1H3,(H2,20,26)(H,21,29)(H2,23,24,25). The van der Waals surface area contributed by atoms with E-state index in [1.807, 2.05) is 48.5 Å². The fourth-order valence-electron chi connectivity index (χ4n) is 3.11. The summed E-state index contributed by atoms with van der Waals surface area (Å²) >= 11 is 1.53. The highest BCUT2D eigenvalue weighted by Gasteiger charge is 2.29. The van der Waals surface area contributed by atoms with Crippen molar-refractivity contribution in [2.75, 3.05) is 16.5 Å². The summed E-state index contributed by atoms with van der Waals surface area (Å²) < 4.78 is 1.75. The second-order valence-corrected chi connectivity index (χ2v) is 8.43. The number of rotatable bonds is 6. The molecule has 0 unspecified atom stereocenters. The predicted octanol–water partition coefficient (Wildman–Crippen LogP) is 2.63. The summed E-state index contributed by atoms with van der Waals surface area (Å²) in [6.45, 7) is 2.44. The van der Waals surface area contributed by atoms with Crippen LogP contribution in [-0.4, -0.2) is 35.9 Å². The number of hydrazine groups is 1. The largest absolute Gasteiger partial charge is 0.366 e. The summed E-state index contributed by atoms with van der Waals surface area (Å²) in [7, 11) is 0. The lowest BCUT2D eigenvalue weighted by atomic mass is 10.3. The Labute approximate surface area is 176 Å². The molecular formula is C19H21N9OS. The lowest BCUT2D eigenvalue weighted by Gasteiger charge is -2.26. The number of aromatic nitrogens is 5. The first kappa shape index (κ1) is 18.6. The summed E-state index contributed by atoms with van der Waals surface area (Å²) in [4.78, 5) is 17.3. The van der Waals surface area contributed by atoms with Crippen molar-refractivity contribution >= 4 is 40.2 Å². The van der Waals surface area contributed by atoms with E-state index in [9.17, 15) is 4.79 Å². The Bertz CT molecular complexity index is 1110. The molecule has 11 heteroatoms. The lowest BCUT2D eigenvalue weighted by Crippen LogP contribution is -2.30. The van der Waals surface area contributed by atoms with Gasteiger partial charge in [0.15, 0.2) is 11.6 Å². The average molecular weight is 424 g/mol. The SMILES string of the molecule is Cc1cc(NN2C=C(Sc3ccc(NC(=O)C4CC4)cc3)n3nc(N)nc3C2)n[nH]1. The summed E-state index contributed by atoms with van der Waals surface area (Å²) in [5, 5.41) is 17.1. The van der Waals surface area contributed by atoms with E-state index in [1.165, 1.54) is 11.8 Å². The van der Waals surface area contributed by atoms with Crippen LogP contribution in [0.2, 0.25) is 0 Å². The van der Waals surface area contributed by atoms with Gasteiger partial charge in [0.25, 0.3) is 0 Å². The van der Waals surface area contributed by atoms with Crippen molar-refractivity contribution in [3.05, 3.63) is 48.1 Å². The van der Waals surface area contributed by atoms with E-state index >= 15 is 0 Å². The van der Waals surface area contributed by atoms with Crippen LogP contribution in [0.15, 0.2) is 41.4 Å². The summed E-state index contributed by atoms with van der Waals surface area (Å²) in [6, 6.07) is 9.67. The molecule has 1 saturated carbocycles. The van der Waals surface area contributed by atoms with E-state index < -0.39 is 0 Å². The Morgan fingerprint density at radius 2 is 2.10 bits per heavy atom. The van der Waals surface area contributed by atoms with Crippen molar-refractivity contribution in [2.24, 2.45) is 5.92 Å². The smallest absolute Gasteiger partial charge is 0.240 e. The molecule has 1 aromatic carbocycles. The number of anilines is 3. The molecule has 3 heterocycles. The van der Waals surface area contributed by atoms with Crippen molar-refractivity contribution in [3.63, 3.8) is 0 Å². The van der Waals surface area contributed by atoms with E-state index in [1.54, 1.807) is 4.68 Å². The maximum Gasteiger partial charge on any atom is 0.240 e. The van der Waals surface area contributed by atoms with Gasteiger partial charge in [-0.1, -0.05) is 11.8 Å². The molecule has 154 valence electrons. The zero-order chi connectivity index (χ0) is 20.7. The topological polar surface area (TPSA) is 130 Å². The number of hydrogen-bond acceptors (Lipinski definition) is 8. The fraction of sp³-hybridized carbons (Fsp3) is 0.263. The van der Waals surface area contributed by atoms with Crippen molar-refractivity contribution in [1.29, 1.82) is 0 Å². The minimum absolute atomic E-state index is 0.100. The number of nitrogen functional groups attached to an aromatic ring is 1. The number of fused-ring (bicyclic) bond motifs is 1. The molecule has 1 aliphatic heterocycles. The number of carbonyl (C=O) groups is 1. The maximum atomic E-state index is 11.9. The number of aromatic amines is 1. The molecule has 0 bridgehead atoms. The van der Waals surface area contributed by atoms with Crippen LogP contribution in [0, 0.1) is 12.8 Å². The van der Waals surface area contributed by atoms with Crippen LogP contribution in [0.25, 0.3) is 5.03 Å². The number of H-pyrrole nitrogens is 1. The van der Waals surface area contributed by atoms with E-state index in [0.29, 0.717) is 12.4 Å². The van der Waals surface area contributed by atoms with Gasteiger partial charge in [-0.2, -0.15) is 10.1 Å². The third-order valence-corrected chi connectivity index (χ3v) is 5.73. The zero-order valence-electron chi connectivity index (χ0n) is 16.3. The number of aryl methyl sites for hydroxylation is 1. The van der Waals surface area contributed by atoms with E-state index in [-0.39, 0.29) is 17.8 Å². The first-order valence-electron chi connectivity index (χ1n) is 9.61. The van der Waals surface area contributed by atoms with Crippen molar-refractivity contribution in [2.45, 2.75) is 31.2 Å². The van der Waals surface area contributed by atoms with Gasteiger partial charge < -0.3 is 11.1 Å². The van der Waals surface area contributed by atoms with Crippen LogP contribution >= 0.6 is 11.8 Å². The summed E-state index contributed by atoms with van der Waals surface area (Å²) in [5.74, 6) is 1.95. The molecule has 0 radical (unpaired) electrons. The monoisotopic (exact) mass is 423 g/mol. The quantitative estimate of drug-likeness (QED) is 0.476. The highest BCUT2D eigenvalue weighted by Crippen LogP contribution is 2.35.